The van der Waals surface area contributed by atoms with Crippen molar-refractivity contribution < 1.29 is 4.79 Å². The predicted molar refractivity (Wildman–Crippen MR) is 72.6 cm³/mol. The number of anilines is 1. The van der Waals surface area contributed by atoms with Gasteiger partial charge in [-0.3, -0.25) is 4.79 Å². The molecule has 0 aliphatic rings. The molecule has 0 bridgehead atoms. The van der Waals surface area contributed by atoms with Gasteiger partial charge in [0, 0.05) is 23.7 Å². The van der Waals surface area contributed by atoms with Gasteiger partial charge in [-0.05, 0) is 43.7 Å². The average Bonchev–Trinajstić information content (AvgIpc) is 2.28. The topological polar surface area (TPSA) is 41.1 Å². The van der Waals surface area contributed by atoms with Crippen molar-refractivity contribution in [2.24, 2.45) is 0 Å². The molecule has 0 fully saturated rings. The highest BCUT2D eigenvalue weighted by Crippen LogP contribution is 2.19. The highest BCUT2D eigenvalue weighted by molar-refractivity contribution is 6.30. The SMILES string of the molecule is CCCNCCC(=O)Nc1ccc(Cl)cc1C. The summed E-state index contributed by atoms with van der Waals surface area (Å²) >= 11 is 5.85. The summed E-state index contributed by atoms with van der Waals surface area (Å²) in [4.78, 5) is 11.6. The molecule has 0 aromatic heterocycles. The number of nitrogens with one attached hydrogen (secondary N) is 2. The van der Waals surface area contributed by atoms with Gasteiger partial charge in [0.15, 0.2) is 0 Å². The zero-order chi connectivity index (χ0) is 12.7. The Morgan fingerprint density at radius 1 is 1.35 bits per heavy atom. The molecule has 0 radical (unpaired) electrons. The number of aryl methyl sites for hydroxylation is 1. The third-order valence-corrected chi connectivity index (χ3v) is 2.65. The van der Waals surface area contributed by atoms with Crippen LogP contribution in [-0.4, -0.2) is 19.0 Å². The Morgan fingerprint density at radius 3 is 2.76 bits per heavy atom. The Balaban J connectivity index is 2.40. The van der Waals surface area contributed by atoms with Crippen molar-refractivity contribution in [2.75, 3.05) is 18.4 Å². The fourth-order valence-electron chi connectivity index (χ4n) is 1.48. The molecule has 1 rings (SSSR count). The molecule has 1 aromatic rings. The third kappa shape index (κ3) is 5.20. The monoisotopic (exact) mass is 254 g/mol. The summed E-state index contributed by atoms with van der Waals surface area (Å²) in [7, 11) is 0. The summed E-state index contributed by atoms with van der Waals surface area (Å²) in [6, 6.07) is 5.45. The lowest BCUT2D eigenvalue weighted by molar-refractivity contribution is -0.116. The number of carbonyl (C=O) groups excluding carboxylic acids is 1. The van der Waals surface area contributed by atoms with E-state index in [2.05, 4.69) is 17.6 Å². The molecule has 1 aromatic carbocycles. The molecule has 2 N–H and O–H groups in total. The van der Waals surface area contributed by atoms with Crippen LogP contribution in [0.2, 0.25) is 5.02 Å². The van der Waals surface area contributed by atoms with Crippen LogP contribution in [0, 0.1) is 6.92 Å². The fraction of sp³-hybridized carbons (Fsp3) is 0.462. The maximum absolute atomic E-state index is 11.6. The Hall–Kier alpha value is -1.06. The molecule has 17 heavy (non-hydrogen) atoms. The number of carbonyl (C=O) groups is 1. The highest BCUT2D eigenvalue weighted by Gasteiger charge is 2.04. The van der Waals surface area contributed by atoms with Crippen molar-refractivity contribution in [3.63, 3.8) is 0 Å². The maximum atomic E-state index is 11.6. The van der Waals surface area contributed by atoms with E-state index in [1.165, 1.54) is 0 Å². The minimum absolute atomic E-state index is 0.0269. The Morgan fingerprint density at radius 2 is 2.12 bits per heavy atom. The first-order valence-electron chi connectivity index (χ1n) is 5.90. The summed E-state index contributed by atoms with van der Waals surface area (Å²) in [5, 5.41) is 6.76. The fourth-order valence-corrected chi connectivity index (χ4v) is 1.71. The molecule has 0 spiro atoms. The van der Waals surface area contributed by atoms with Crippen LogP contribution < -0.4 is 10.6 Å². The van der Waals surface area contributed by atoms with Crippen molar-refractivity contribution >= 4 is 23.2 Å². The molecule has 3 nitrogen and oxygen atoms in total. The quantitative estimate of drug-likeness (QED) is 0.767. The van der Waals surface area contributed by atoms with Crippen LogP contribution in [0.4, 0.5) is 5.69 Å². The molecule has 0 aliphatic carbocycles. The van der Waals surface area contributed by atoms with Gasteiger partial charge in [0.1, 0.15) is 0 Å². The van der Waals surface area contributed by atoms with Crippen LogP contribution in [0.15, 0.2) is 18.2 Å². The van der Waals surface area contributed by atoms with Crippen LogP contribution in [0.5, 0.6) is 0 Å². The number of hydrogen-bond donors (Lipinski definition) is 2. The molecule has 1 amide bonds. The van der Waals surface area contributed by atoms with E-state index in [0.717, 1.165) is 24.2 Å². The first kappa shape index (κ1) is 14.0. The highest BCUT2D eigenvalue weighted by atomic mass is 35.5. The Labute approximate surface area is 108 Å². The van der Waals surface area contributed by atoms with Crippen molar-refractivity contribution in [1.82, 2.24) is 5.32 Å². The van der Waals surface area contributed by atoms with Crippen molar-refractivity contribution in [2.45, 2.75) is 26.7 Å². The Bertz CT molecular complexity index is 380. The zero-order valence-corrected chi connectivity index (χ0v) is 11.1. The minimum Gasteiger partial charge on any atom is -0.326 e. The lowest BCUT2D eigenvalue weighted by Crippen LogP contribution is -2.22. The lowest BCUT2D eigenvalue weighted by atomic mass is 10.2. The van der Waals surface area contributed by atoms with Gasteiger partial charge < -0.3 is 10.6 Å². The zero-order valence-electron chi connectivity index (χ0n) is 10.3. The van der Waals surface area contributed by atoms with Gasteiger partial charge in [-0.15, -0.1) is 0 Å². The first-order valence-corrected chi connectivity index (χ1v) is 6.28. The summed E-state index contributed by atoms with van der Waals surface area (Å²) in [5.74, 6) is 0.0269. The van der Waals surface area contributed by atoms with E-state index in [9.17, 15) is 4.79 Å². The number of benzene rings is 1. The first-order chi connectivity index (χ1) is 8.13. The molecule has 0 saturated heterocycles. The summed E-state index contributed by atoms with van der Waals surface area (Å²) in [5.41, 5.74) is 1.81. The van der Waals surface area contributed by atoms with Gasteiger partial charge in [0.25, 0.3) is 0 Å². The minimum atomic E-state index is 0.0269. The number of rotatable bonds is 6. The molecule has 4 heteroatoms. The summed E-state index contributed by atoms with van der Waals surface area (Å²) in [6.07, 6.45) is 1.57. The smallest absolute Gasteiger partial charge is 0.225 e. The van der Waals surface area contributed by atoms with E-state index in [4.69, 9.17) is 11.6 Å². The molecule has 94 valence electrons. The van der Waals surface area contributed by atoms with Gasteiger partial charge >= 0.3 is 0 Å². The maximum Gasteiger partial charge on any atom is 0.225 e. The van der Waals surface area contributed by atoms with E-state index in [1.807, 2.05) is 19.1 Å². The second-order valence-electron chi connectivity index (χ2n) is 4.01. The van der Waals surface area contributed by atoms with Gasteiger partial charge in [-0.25, -0.2) is 0 Å². The van der Waals surface area contributed by atoms with Crippen molar-refractivity contribution in [3.05, 3.63) is 28.8 Å². The summed E-state index contributed by atoms with van der Waals surface area (Å²) < 4.78 is 0. The molecular weight excluding hydrogens is 236 g/mol. The molecule has 0 saturated carbocycles. The molecule has 0 unspecified atom stereocenters. The van der Waals surface area contributed by atoms with E-state index in [-0.39, 0.29) is 5.91 Å². The van der Waals surface area contributed by atoms with E-state index >= 15 is 0 Å². The van der Waals surface area contributed by atoms with Gasteiger partial charge in [0.2, 0.25) is 5.91 Å². The van der Waals surface area contributed by atoms with Crippen LogP contribution in [0.3, 0.4) is 0 Å². The van der Waals surface area contributed by atoms with Gasteiger partial charge in [0.05, 0.1) is 0 Å². The largest absolute Gasteiger partial charge is 0.326 e. The molecule has 0 heterocycles. The van der Waals surface area contributed by atoms with E-state index in [0.29, 0.717) is 18.0 Å². The second-order valence-corrected chi connectivity index (χ2v) is 4.44. The molecule has 0 aliphatic heterocycles. The third-order valence-electron chi connectivity index (χ3n) is 2.42. The second kappa shape index (κ2) is 7.30. The van der Waals surface area contributed by atoms with Crippen molar-refractivity contribution in [3.8, 4) is 0 Å². The molecule has 0 atom stereocenters. The number of hydrogen-bond acceptors (Lipinski definition) is 2. The number of halogens is 1. The van der Waals surface area contributed by atoms with E-state index in [1.54, 1.807) is 6.07 Å². The average molecular weight is 255 g/mol. The van der Waals surface area contributed by atoms with Gasteiger partial charge in [-0.2, -0.15) is 0 Å². The molecular formula is C13H19ClN2O. The van der Waals surface area contributed by atoms with Crippen LogP contribution in [0.25, 0.3) is 0 Å². The predicted octanol–water partition coefficient (Wildman–Crippen LogP) is 2.98. The summed E-state index contributed by atoms with van der Waals surface area (Å²) in [6.45, 7) is 5.69. The van der Waals surface area contributed by atoms with Crippen LogP contribution >= 0.6 is 11.6 Å². The Kier molecular flexibility index (Phi) is 6.01. The van der Waals surface area contributed by atoms with Gasteiger partial charge in [-0.1, -0.05) is 18.5 Å². The normalized spacial score (nSPS) is 10.3. The van der Waals surface area contributed by atoms with E-state index < -0.39 is 0 Å². The lowest BCUT2D eigenvalue weighted by Gasteiger charge is -2.09. The van der Waals surface area contributed by atoms with Crippen molar-refractivity contribution in [1.29, 1.82) is 0 Å². The van der Waals surface area contributed by atoms with Crippen LogP contribution in [-0.2, 0) is 4.79 Å². The van der Waals surface area contributed by atoms with Crippen LogP contribution in [0.1, 0.15) is 25.3 Å². The number of amides is 1. The standard InChI is InChI=1S/C13H19ClN2O/c1-3-7-15-8-6-13(17)16-12-5-4-11(14)9-10(12)2/h4-5,9,15H,3,6-8H2,1-2H3,(H,16,17).